The van der Waals surface area contributed by atoms with Gasteiger partial charge in [0.2, 0.25) is 5.91 Å². The van der Waals surface area contributed by atoms with Crippen LogP contribution in [0.25, 0.3) is 11.0 Å². The van der Waals surface area contributed by atoms with E-state index < -0.39 is 0 Å². The number of nitrogens with one attached hydrogen (secondary N) is 3. The molecule has 3 aromatic rings. The highest BCUT2D eigenvalue weighted by Gasteiger charge is 2.23. The molecule has 1 unspecified atom stereocenters. The highest BCUT2D eigenvalue weighted by molar-refractivity contribution is 5.87. The maximum absolute atomic E-state index is 12.4. The topological polar surface area (TPSA) is 104 Å². The van der Waals surface area contributed by atoms with Crippen LogP contribution in [0.3, 0.4) is 0 Å². The van der Waals surface area contributed by atoms with Crippen molar-refractivity contribution in [2.24, 2.45) is 7.05 Å². The predicted octanol–water partition coefficient (Wildman–Crippen LogP) is 1.20. The summed E-state index contributed by atoms with van der Waals surface area (Å²) in [6.07, 6.45) is 5.43. The molecule has 1 fully saturated rings. The van der Waals surface area contributed by atoms with Crippen molar-refractivity contribution in [3.8, 4) is 0 Å². The molecule has 142 valence electrons. The lowest BCUT2D eigenvalue weighted by Crippen LogP contribution is -2.49. The van der Waals surface area contributed by atoms with Gasteiger partial charge in [0.15, 0.2) is 0 Å². The maximum Gasteiger partial charge on any atom is 0.239 e. The number of carbonyl (C=O) groups is 1. The second-order valence-corrected chi connectivity index (χ2v) is 6.94. The van der Waals surface area contributed by atoms with Crippen molar-refractivity contribution in [2.45, 2.75) is 25.8 Å². The van der Waals surface area contributed by atoms with E-state index in [1.54, 1.807) is 11.0 Å². The molecule has 9 nitrogen and oxygen atoms in total. The van der Waals surface area contributed by atoms with Crippen LogP contribution in [0.5, 0.6) is 0 Å². The summed E-state index contributed by atoms with van der Waals surface area (Å²) >= 11 is 0. The van der Waals surface area contributed by atoms with E-state index in [4.69, 9.17) is 0 Å². The molecular formula is C18H24N8O. The number of fused-ring (bicyclic) bond motifs is 1. The van der Waals surface area contributed by atoms with E-state index in [-0.39, 0.29) is 18.5 Å². The van der Waals surface area contributed by atoms with E-state index in [9.17, 15) is 4.79 Å². The number of amides is 1. The molecule has 1 aliphatic rings. The van der Waals surface area contributed by atoms with Crippen molar-refractivity contribution in [3.05, 3.63) is 30.4 Å². The predicted molar refractivity (Wildman–Crippen MR) is 104 cm³/mol. The number of nitrogens with zero attached hydrogens (tertiary/aromatic N) is 5. The summed E-state index contributed by atoms with van der Waals surface area (Å²) in [6.45, 7) is 3.82. The van der Waals surface area contributed by atoms with Crippen LogP contribution in [0, 0.1) is 6.92 Å². The van der Waals surface area contributed by atoms with Crippen molar-refractivity contribution in [3.63, 3.8) is 0 Å². The van der Waals surface area contributed by atoms with E-state index >= 15 is 0 Å². The van der Waals surface area contributed by atoms with Gasteiger partial charge in [-0.3, -0.25) is 9.48 Å². The summed E-state index contributed by atoms with van der Waals surface area (Å²) in [5.41, 5.74) is 1.76. The van der Waals surface area contributed by atoms with E-state index in [1.807, 2.05) is 32.3 Å². The van der Waals surface area contributed by atoms with Gasteiger partial charge in [0.25, 0.3) is 0 Å². The highest BCUT2D eigenvalue weighted by atomic mass is 16.2. The third-order valence-corrected chi connectivity index (χ3v) is 4.85. The molecule has 0 saturated carbocycles. The number of aromatic amines is 1. The molecule has 4 rings (SSSR count). The lowest BCUT2D eigenvalue weighted by atomic mass is 10.1. The molecule has 0 aliphatic carbocycles. The van der Waals surface area contributed by atoms with Crippen LogP contribution in [-0.4, -0.2) is 56.3 Å². The minimum atomic E-state index is -0.0184. The summed E-state index contributed by atoms with van der Waals surface area (Å²) < 4.78 is 1.74. The van der Waals surface area contributed by atoms with Crippen LogP contribution in [0.4, 0.5) is 11.6 Å². The zero-order chi connectivity index (χ0) is 18.8. The molecule has 1 saturated heterocycles. The van der Waals surface area contributed by atoms with Crippen LogP contribution in [-0.2, 0) is 11.8 Å². The molecule has 3 N–H and O–H groups in total. The monoisotopic (exact) mass is 368 g/mol. The average molecular weight is 368 g/mol. The van der Waals surface area contributed by atoms with Gasteiger partial charge < -0.3 is 20.5 Å². The zero-order valence-electron chi connectivity index (χ0n) is 15.6. The zero-order valence-corrected chi connectivity index (χ0v) is 15.6. The molecule has 1 aliphatic heterocycles. The second kappa shape index (κ2) is 7.26. The minimum absolute atomic E-state index is 0.0184. The standard InChI is InChI=1S/C18H24N8O/c1-12-8-15(25(2)24-12)20-9-16(27)23-13-4-3-7-26(10-13)18-14-5-6-19-17(14)21-11-22-18/h5-6,8,11,13,20H,3-4,7,9-10H2,1-2H3,(H,23,27)(H,19,21,22). The summed E-state index contributed by atoms with van der Waals surface area (Å²) in [6, 6.07) is 4.02. The minimum Gasteiger partial charge on any atom is -0.361 e. The van der Waals surface area contributed by atoms with Crippen molar-refractivity contribution in [1.29, 1.82) is 0 Å². The summed E-state index contributed by atoms with van der Waals surface area (Å²) in [7, 11) is 1.86. The molecule has 3 aromatic heterocycles. The Hall–Kier alpha value is -3.10. The largest absolute Gasteiger partial charge is 0.361 e. The van der Waals surface area contributed by atoms with Crippen LogP contribution < -0.4 is 15.5 Å². The first kappa shape index (κ1) is 17.3. The van der Waals surface area contributed by atoms with Gasteiger partial charge in [-0.05, 0) is 25.8 Å². The quantitative estimate of drug-likeness (QED) is 0.625. The molecule has 1 amide bonds. The Morgan fingerprint density at radius 3 is 3.11 bits per heavy atom. The lowest BCUT2D eigenvalue weighted by molar-refractivity contribution is -0.120. The van der Waals surface area contributed by atoms with E-state index in [0.717, 1.165) is 54.3 Å². The third-order valence-electron chi connectivity index (χ3n) is 4.85. The number of anilines is 2. The lowest BCUT2D eigenvalue weighted by Gasteiger charge is -2.34. The van der Waals surface area contributed by atoms with Gasteiger partial charge in [-0.1, -0.05) is 0 Å². The van der Waals surface area contributed by atoms with E-state index in [0.29, 0.717) is 0 Å². The molecule has 0 spiro atoms. The molecule has 27 heavy (non-hydrogen) atoms. The Kier molecular flexibility index (Phi) is 4.66. The molecule has 9 heteroatoms. The van der Waals surface area contributed by atoms with Gasteiger partial charge in [-0.15, -0.1) is 0 Å². The number of hydrogen-bond donors (Lipinski definition) is 3. The summed E-state index contributed by atoms with van der Waals surface area (Å²) in [5, 5.41) is 11.6. The van der Waals surface area contributed by atoms with Crippen molar-refractivity contribution < 1.29 is 4.79 Å². The first-order chi connectivity index (χ1) is 13.1. The Balaban J connectivity index is 1.36. The molecule has 4 heterocycles. The normalized spacial score (nSPS) is 17.3. The fraction of sp³-hybridized carbons (Fsp3) is 0.444. The molecular weight excluding hydrogens is 344 g/mol. The van der Waals surface area contributed by atoms with Gasteiger partial charge in [0.1, 0.15) is 23.6 Å². The second-order valence-electron chi connectivity index (χ2n) is 6.94. The number of aromatic nitrogens is 5. The number of piperidine rings is 1. The van der Waals surface area contributed by atoms with Crippen molar-refractivity contribution in [1.82, 2.24) is 30.0 Å². The Bertz CT molecular complexity index is 946. The summed E-state index contributed by atoms with van der Waals surface area (Å²) in [4.78, 5) is 26.4. The van der Waals surface area contributed by atoms with Gasteiger partial charge in [0, 0.05) is 38.4 Å². The average Bonchev–Trinajstić information content (AvgIpc) is 3.25. The fourth-order valence-electron chi connectivity index (χ4n) is 3.62. The van der Waals surface area contributed by atoms with Crippen LogP contribution >= 0.6 is 0 Å². The third kappa shape index (κ3) is 3.71. The SMILES string of the molecule is Cc1cc(NCC(=O)NC2CCCN(c3ncnc4[nH]ccc34)C2)n(C)n1. The fourth-order valence-corrected chi connectivity index (χ4v) is 3.62. The van der Waals surface area contributed by atoms with Crippen LogP contribution in [0.1, 0.15) is 18.5 Å². The molecule has 0 radical (unpaired) electrons. The van der Waals surface area contributed by atoms with Crippen LogP contribution in [0.2, 0.25) is 0 Å². The van der Waals surface area contributed by atoms with Gasteiger partial charge >= 0.3 is 0 Å². The first-order valence-electron chi connectivity index (χ1n) is 9.17. The molecule has 0 bridgehead atoms. The Morgan fingerprint density at radius 2 is 2.30 bits per heavy atom. The van der Waals surface area contributed by atoms with Gasteiger partial charge in [0.05, 0.1) is 17.6 Å². The Morgan fingerprint density at radius 1 is 1.41 bits per heavy atom. The molecule has 1 atom stereocenters. The maximum atomic E-state index is 12.4. The smallest absolute Gasteiger partial charge is 0.239 e. The van der Waals surface area contributed by atoms with E-state index in [2.05, 4.69) is 35.6 Å². The summed E-state index contributed by atoms with van der Waals surface area (Å²) in [5.74, 6) is 1.74. The van der Waals surface area contributed by atoms with Gasteiger partial charge in [-0.2, -0.15) is 5.10 Å². The van der Waals surface area contributed by atoms with Gasteiger partial charge in [-0.25, -0.2) is 9.97 Å². The number of H-pyrrole nitrogens is 1. The first-order valence-corrected chi connectivity index (χ1v) is 9.17. The number of hydrogen-bond acceptors (Lipinski definition) is 6. The number of rotatable bonds is 5. The molecule has 0 aromatic carbocycles. The van der Waals surface area contributed by atoms with Crippen LogP contribution in [0.15, 0.2) is 24.7 Å². The number of carbonyl (C=O) groups excluding carboxylic acids is 1. The van der Waals surface area contributed by atoms with Crippen molar-refractivity contribution >= 4 is 28.6 Å². The van der Waals surface area contributed by atoms with Crippen molar-refractivity contribution in [2.75, 3.05) is 29.9 Å². The highest BCUT2D eigenvalue weighted by Crippen LogP contribution is 2.25. The van der Waals surface area contributed by atoms with E-state index in [1.165, 1.54) is 0 Å². The number of aryl methyl sites for hydroxylation is 2. The Labute approximate surface area is 157 Å².